The van der Waals surface area contributed by atoms with Crippen LogP contribution < -0.4 is 10.1 Å². The first kappa shape index (κ1) is 21.3. The Kier molecular flexibility index (Phi) is 5.96. The average molecular weight is 465 g/mol. The fourth-order valence-corrected chi connectivity index (χ4v) is 4.83. The second-order valence-electron chi connectivity index (χ2n) is 5.42. The predicted molar refractivity (Wildman–Crippen MR) is 101 cm³/mol. The molecule has 154 valence electrons. The zero-order valence-corrected chi connectivity index (χ0v) is 17.0. The molecule has 0 bridgehead atoms. The lowest BCUT2D eigenvalue weighted by Gasteiger charge is -2.08. The number of halogens is 4. The summed E-state index contributed by atoms with van der Waals surface area (Å²) in [5, 5.41) is 2.11. The maximum Gasteiger partial charge on any atom is 0.451 e. The Morgan fingerprint density at radius 1 is 1.24 bits per heavy atom. The molecule has 0 aliphatic rings. The molecule has 0 fully saturated rings. The molecule has 3 aromatic rings. The lowest BCUT2D eigenvalue weighted by Crippen LogP contribution is -2.12. The quantitative estimate of drug-likeness (QED) is 0.533. The molecule has 0 radical (unpaired) electrons. The summed E-state index contributed by atoms with van der Waals surface area (Å²) in [6.45, 7) is 2.14. The molecule has 3 rings (SSSR count). The average Bonchev–Trinajstić information content (AvgIpc) is 3.10. The van der Waals surface area contributed by atoms with Crippen molar-refractivity contribution in [3.05, 3.63) is 47.5 Å². The van der Waals surface area contributed by atoms with Crippen LogP contribution >= 0.6 is 22.9 Å². The first-order chi connectivity index (χ1) is 13.6. The first-order valence-electron chi connectivity index (χ1n) is 7.92. The molecule has 29 heavy (non-hydrogen) atoms. The van der Waals surface area contributed by atoms with E-state index in [2.05, 4.69) is 20.3 Å². The van der Waals surface area contributed by atoms with E-state index in [0.29, 0.717) is 12.4 Å². The number of aromatic nitrogens is 3. The Labute approximate surface area is 172 Å². The number of nitrogens with zero attached hydrogens (tertiary/aromatic N) is 3. The second-order valence-corrected chi connectivity index (χ2v) is 9.01. The van der Waals surface area contributed by atoms with Gasteiger partial charge in [-0.3, -0.25) is 0 Å². The maximum absolute atomic E-state index is 12.8. The standard InChI is InChI=1S/C16H12ClF3N4O3S2/c1-2-27-9-4-3-5-10(6-9)29(25,26)13-8-21-15(28-13)24-12-7-11(17)22-14(23-12)16(18,19)20/h3-8H,2H2,1H3,(H,21,22,23,24). The Morgan fingerprint density at radius 3 is 2.69 bits per heavy atom. The number of benzene rings is 1. The van der Waals surface area contributed by atoms with Crippen LogP contribution in [-0.2, 0) is 16.0 Å². The van der Waals surface area contributed by atoms with Crippen LogP contribution in [0.2, 0.25) is 5.15 Å². The van der Waals surface area contributed by atoms with E-state index in [1.54, 1.807) is 19.1 Å². The highest BCUT2D eigenvalue weighted by atomic mass is 35.5. The number of hydrogen-bond acceptors (Lipinski definition) is 8. The van der Waals surface area contributed by atoms with E-state index < -0.39 is 27.0 Å². The summed E-state index contributed by atoms with van der Waals surface area (Å²) in [5.74, 6) is -1.30. The summed E-state index contributed by atoms with van der Waals surface area (Å²) in [6.07, 6.45) is -3.69. The predicted octanol–water partition coefficient (Wildman–Crippen LogP) is 4.58. The van der Waals surface area contributed by atoms with Crippen molar-refractivity contribution in [2.45, 2.75) is 22.2 Å². The molecule has 1 aromatic carbocycles. The van der Waals surface area contributed by atoms with Crippen molar-refractivity contribution >= 4 is 43.7 Å². The van der Waals surface area contributed by atoms with Crippen LogP contribution in [0.3, 0.4) is 0 Å². The monoisotopic (exact) mass is 464 g/mol. The fourth-order valence-electron chi connectivity index (χ4n) is 2.17. The Morgan fingerprint density at radius 2 is 2.00 bits per heavy atom. The molecule has 7 nitrogen and oxygen atoms in total. The molecule has 13 heteroatoms. The van der Waals surface area contributed by atoms with Crippen LogP contribution in [-0.4, -0.2) is 30.0 Å². The molecule has 2 aromatic heterocycles. The van der Waals surface area contributed by atoms with Gasteiger partial charge in [0.25, 0.3) is 0 Å². The van der Waals surface area contributed by atoms with Gasteiger partial charge < -0.3 is 10.1 Å². The lowest BCUT2D eigenvalue weighted by molar-refractivity contribution is -0.144. The summed E-state index contributed by atoms with van der Waals surface area (Å²) in [7, 11) is -3.89. The van der Waals surface area contributed by atoms with Gasteiger partial charge in [0, 0.05) is 6.07 Å². The minimum Gasteiger partial charge on any atom is -0.494 e. The third-order valence-electron chi connectivity index (χ3n) is 3.36. The third kappa shape index (κ3) is 4.95. The molecule has 0 saturated heterocycles. The molecule has 2 heterocycles. The Bertz CT molecular complexity index is 1140. The smallest absolute Gasteiger partial charge is 0.451 e. The molecule has 0 unspecified atom stereocenters. The van der Waals surface area contributed by atoms with E-state index in [1.807, 2.05) is 0 Å². The number of sulfone groups is 1. The van der Waals surface area contributed by atoms with Crippen LogP contribution in [0.4, 0.5) is 24.1 Å². The summed E-state index contributed by atoms with van der Waals surface area (Å²) < 4.78 is 69.2. The normalized spacial score (nSPS) is 12.0. The van der Waals surface area contributed by atoms with Gasteiger partial charge in [-0.15, -0.1) is 0 Å². The van der Waals surface area contributed by atoms with Gasteiger partial charge in [0.15, 0.2) is 5.13 Å². The molecule has 0 amide bonds. The van der Waals surface area contributed by atoms with Crippen LogP contribution in [0.15, 0.2) is 45.6 Å². The highest BCUT2D eigenvalue weighted by Crippen LogP contribution is 2.33. The van der Waals surface area contributed by atoms with Crippen molar-refractivity contribution in [3.63, 3.8) is 0 Å². The van der Waals surface area contributed by atoms with Crippen molar-refractivity contribution in [3.8, 4) is 5.75 Å². The van der Waals surface area contributed by atoms with Gasteiger partial charge >= 0.3 is 6.18 Å². The van der Waals surface area contributed by atoms with Gasteiger partial charge in [-0.2, -0.15) is 13.2 Å². The number of hydrogen-bond donors (Lipinski definition) is 1. The van der Waals surface area contributed by atoms with Gasteiger partial charge in [0.05, 0.1) is 17.7 Å². The summed E-state index contributed by atoms with van der Waals surface area (Å²) in [4.78, 5) is 10.3. The first-order valence-corrected chi connectivity index (χ1v) is 10.6. The number of alkyl halides is 3. The second kappa shape index (κ2) is 8.13. The van der Waals surface area contributed by atoms with Crippen molar-refractivity contribution < 1.29 is 26.3 Å². The molecule has 0 aliphatic heterocycles. The molecular weight excluding hydrogens is 453 g/mol. The summed E-state index contributed by atoms with van der Waals surface area (Å²) in [5.41, 5.74) is 0. The SMILES string of the molecule is CCOc1cccc(S(=O)(=O)c2cnc(Nc3cc(Cl)nc(C(F)(F)F)n3)s2)c1. The minimum atomic E-state index is -4.79. The minimum absolute atomic E-state index is 0.00286. The highest BCUT2D eigenvalue weighted by Gasteiger charge is 2.35. The fraction of sp³-hybridized carbons (Fsp3) is 0.188. The molecular formula is C16H12ClF3N4O3S2. The topological polar surface area (TPSA) is 94.1 Å². The zero-order chi connectivity index (χ0) is 21.2. The molecule has 0 aliphatic carbocycles. The van der Waals surface area contributed by atoms with Crippen molar-refractivity contribution in [1.82, 2.24) is 15.0 Å². The van der Waals surface area contributed by atoms with Gasteiger partial charge in [-0.1, -0.05) is 29.0 Å². The number of nitrogens with one attached hydrogen (secondary N) is 1. The van der Waals surface area contributed by atoms with Crippen molar-refractivity contribution in [2.24, 2.45) is 0 Å². The summed E-state index contributed by atoms with van der Waals surface area (Å²) >= 11 is 6.34. The van der Waals surface area contributed by atoms with Gasteiger partial charge in [0.2, 0.25) is 15.7 Å². The van der Waals surface area contributed by atoms with Crippen LogP contribution in [0, 0.1) is 0 Å². The van der Waals surface area contributed by atoms with E-state index in [4.69, 9.17) is 16.3 Å². The number of anilines is 2. The van der Waals surface area contributed by atoms with Gasteiger partial charge in [-0.25, -0.2) is 23.4 Å². The van der Waals surface area contributed by atoms with Crippen LogP contribution in [0.1, 0.15) is 12.7 Å². The van der Waals surface area contributed by atoms with E-state index >= 15 is 0 Å². The van der Waals surface area contributed by atoms with Crippen LogP contribution in [0.25, 0.3) is 0 Å². The van der Waals surface area contributed by atoms with E-state index in [1.165, 1.54) is 12.1 Å². The summed E-state index contributed by atoms with van der Waals surface area (Å²) in [6, 6.07) is 7.02. The van der Waals surface area contributed by atoms with E-state index in [9.17, 15) is 21.6 Å². The largest absolute Gasteiger partial charge is 0.494 e. The lowest BCUT2D eigenvalue weighted by atomic mass is 10.3. The maximum atomic E-state index is 12.8. The number of rotatable bonds is 6. The number of thiazole rings is 1. The zero-order valence-electron chi connectivity index (χ0n) is 14.6. The third-order valence-corrected chi connectivity index (χ3v) is 6.68. The van der Waals surface area contributed by atoms with Gasteiger partial charge in [-0.05, 0) is 25.1 Å². The number of ether oxygens (including phenoxy) is 1. The highest BCUT2D eigenvalue weighted by molar-refractivity contribution is 7.93. The van der Waals surface area contributed by atoms with Gasteiger partial charge in [0.1, 0.15) is 20.9 Å². The molecule has 0 atom stereocenters. The molecule has 1 N–H and O–H groups in total. The van der Waals surface area contributed by atoms with E-state index in [0.717, 1.165) is 23.6 Å². The van der Waals surface area contributed by atoms with E-state index in [-0.39, 0.29) is 20.1 Å². The van der Waals surface area contributed by atoms with Crippen molar-refractivity contribution in [2.75, 3.05) is 11.9 Å². The van der Waals surface area contributed by atoms with Crippen molar-refractivity contribution in [1.29, 1.82) is 0 Å². The van der Waals surface area contributed by atoms with Crippen LogP contribution in [0.5, 0.6) is 5.75 Å². The Hall–Kier alpha value is -2.44. The molecule has 0 saturated carbocycles. The molecule has 0 spiro atoms. The Balaban J connectivity index is 1.88.